The van der Waals surface area contributed by atoms with E-state index in [0.29, 0.717) is 18.0 Å². The first-order valence-corrected chi connectivity index (χ1v) is 10.6. The zero-order valence-corrected chi connectivity index (χ0v) is 18.8. The van der Waals surface area contributed by atoms with Gasteiger partial charge in [-0.3, -0.25) is 19.8 Å². The van der Waals surface area contributed by atoms with Gasteiger partial charge in [0.2, 0.25) is 0 Å². The van der Waals surface area contributed by atoms with Crippen molar-refractivity contribution >= 4 is 40.9 Å². The van der Waals surface area contributed by atoms with Gasteiger partial charge in [-0.1, -0.05) is 12.1 Å². The molecule has 0 unspecified atom stereocenters. The van der Waals surface area contributed by atoms with Gasteiger partial charge < -0.3 is 9.30 Å². The predicted octanol–water partition coefficient (Wildman–Crippen LogP) is 3.72. The maximum atomic E-state index is 13.3. The summed E-state index contributed by atoms with van der Waals surface area (Å²) in [5, 5.41) is 2.65. The summed E-state index contributed by atoms with van der Waals surface area (Å²) < 4.78 is 7.51. The van der Waals surface area contributed by atoms with Crippen LogP contribution in [-0.2, 0) is 9.59 Å². The van der Waals surface area contributed by atoms with E-state index in [-0.39, 0.29) is 10.7 Å². The number of carbonyl (C=O) groups is 2. The minimum absolute atomic E-state index is 0.00156. The summed E-state index contributed by atoms with van der Waals surface area (Å²) in [6, 6.07) is 14.6. The highest BCUT2D eigenvalue weighted by Crippen LogP contribution is 2.27. The lowest BCUT2D eigenvalue weighted by molar-refractivity contribution is -0.122. The van der Waals surface area contributed by atoms with Crippen molar-refractivity contribution in [2.24, 2.45) is 0 Å². The fourth-order valence-corrected chi connectivity index (χ4v) is 3.98. The lowest BCUT2D eigenvalue weighted by Gasteiger charge is -2.29. The Kier molecular flexibility index (Phi) is 5.87. The number of benzene rings is 1. The van der Waals surface area contributed by atoms with Crippen molar-refractivity contribution in [1.29, 1.82) is 0 Å². The SMILES string of the molecule is CCOc1cccc(N2C(=O)/C(=C/c3cc(C)n(-c4ccccn4)c3C)C(=O)NC2=S)c1. The molecule has 32 heavy (non-hydrogen) atoms. The van der Waals surface area contributed by atoms with Crippen molar-refractivity contribution in [3.63, 3.8) is 0 Å². The summed E-state index contributed by atoms with van der Waals surface area (Å²) in [7, 11) is 0. The second kappa shape index (κ2) is 8.76. The van der Waals surface area contributed by atoms with Gasteiger partial charge in [0.15, 0.2) is 5.11 Å². The van der Waals surface area contributed by atoms with Crippen LogP contribution in [0, 0.1) is 13.8 Å². The van der Waals surface area contributed by atoms with E-state index in [0.717, 1.165) is 22.8 Å². The Morgan fingerprint density at radius 2 is 1.94 bits per heavy atom. The maximum Gasteiger partial charge on any atom is 0.270 e. The molecule has 162 valence electrons. The number of nitrogens with one attached hydrogen (secondary N) is 1. The molecule has 0 spiro atoms. The average Bonchev–Trinajstić information content (AvgIpc) is 3.05. The number of ether oxygens (including phenoxy) is 1. The quantitative estimate of drug-likeness (QED) is 0.367. The monoisotopic (exact) mass is 446 g/mol. The first-order valence-electron chi connectivity index (χ1n) is 10.2. The van der Waals surface area contributed by atoms with Crippen LogP contribution in [0.25, 0.3) is 11.9 Å². The fraction of sp³-hybridized carbons (Fsp3) is 0.167. The van der Waals surface area contributed by atoms with Crippen molar-refractivity contribution in [2.75, 3.05) is 11.5 Å². The van der Waals surface area contributed by atoms with E-state index in [4.69, 9.17) is 17.0 Å². The zero-order valence-electron chi connectivity index (χ0n) is 18.0. The molecule has 1 aliphatic rings. The van der Waals surface area contributed by atoms with Gasteiger partial charge >= 0.3 is 0 Å². The third-order valence-electron chi connectivity index (χ3n) is 5.14. The average molecular weight is 447 g/mol. The molecule has 0 aliphatic carbocycles. The van der Waals surface area contributed by atoms with Crippen molar-refractivity contribution in [2.45, 2.75) is 20.8 Å². The molecule has 8 heteroatoms. The number of hydrogen-bond acceptors (Lipinski definition) is 5. The molecule has 1 aromatic carbocycles. The molecule has 3 aromatic rings. The Hall–Kier alpha value is -3.78. The maximum absolute atomic E-state index is 13.3. The highest BCUT2D eigenvalue weighted by molar-refractivity contribution is 7.80. The van der Waals surface area contributed by atoms with E-state index >= 15 is 0 Å². The number of anilines is 1. The van der Waals surface area contributed by atoms with Gasteiger partial charge in [0.1, 0.15) is 17.1 Å². The zero-order chi connectivity index (χ0) is 22.8. The van der Waals surface area contributed by atoms with Gasteiger partial charge in [-0.15, -0.1) is 0 Å². The van der Waals surface area contributed by atoms with Crippen LogP contribution in [0.5, 0.6) is 5.75 Å². The number of hydrogen-bond donors (Lipinski definition) is 1. The molecule has 2 aromatic heterocycles. The Balaban J connectivity index is 1.74. The van der Waals surface area contributed by atoms with E-state index in [9.17, 15) is 9.59 Å². The second-order valence-electron chi connectivity index (χ2n) is 7.24. The molecule has 1 saturated heterocycles. The molecule has 0 saturated carbocycles. The summed E-state index contributed by atoms with van der Waals surface area (Å²) >= 11 is 5.30. The minimum Gasteiger partial charge on any atom is -0.494 e. The van der Waals surface area contributed by atoms with E-state index in [1.807, 2.05) is 49.6 Å². The molecule has 1 N–H and O–H groups in total. The van der Waals surface area contributed by atoms with Gasteiger partial charge in [-0.05, 0) is 75.0 Å². The molecule has 4 rings (SSSR count). The fourth-order valence-electron chi connectivity index (χ4n) is 3.70. The predicted molar refractivity (Wildman–Crippen MR) is 127 cm³/mol. The highest BCUT2D eigenvalue weighted by Gasteiger charge is 2.35. The minimum atomic E-state index is -0.528. The first-order chi connectivity index (χ1) is 15.4. The van der Waals surface area contributed by atoms with Crippen LogP contribution in [0.4, 0.5) is 5.69 Å². The van der Waals surface area contributed by atoms with E-state index in [1.54, 1.807) is 36.5 Å². The summed E-state index contributed by atoms with van der Waals surface area (Å²) in [5.74, 6) is 0.360. The number of nitrogens with zero attached hydrogens (tertiary/aromatic N) is 3. The standard InChI is InChI=1S/C24H22N4O3S/c1-4-31-19-9-7-8-18(14-19)28-23(30)20(22(29)26-24(28)32)13-17-12-15(2)27(16(17)3)21-10-5-6-11-25-21/h5-14H,4H2,1-3H3,(H,26,29,32)/b20-13+. The third-order valence-corrected chi connectivity index (χ3v) is 5.42. The van der Waals surface area contributed by atoms with Gasteiger partial charge in [0.05, 0.1) is 12.3 Å². The van der Waals surface area contributed by atoms with Gasteiger partial charge in [-0.2, -0.15) is 0 Å². The van der Waals surface area contributed by atoms with Crippen LogP contribution in [-0.4, -0.2) is 33.1 Å². The first kappa shape index (κ1) is 21.5. The summed E-state index contributed by atoms with van der Waals surface area (Å²) in [4.78, 5) is 31.7. The number of rotatable bonds is 5. The van der Waals surface area contributed by atoms with E-state index in [2.05, 4.69) is 10.3 Å². The molecular weight excluding hydrogens is 424 g/mol. The lowest BCUT2D eigenvalue weighted by atomic mass is 10.1. The number of carbonyl (C=O) groups excluding carboxylic acids is 2. The molecule has 1 fully saturated rings. The summed E-state index contributed by atoms with van der Waals surface area (Å²) in [6.45, 7) is 6.25. The van der Waals surface area contributed by atoms with Crippen LogP contribution in [0.2, 0.25) is 0 Å². The Morgan fingerprint density at radius 1 is 1.12 bits per heavy atom. The normalized spacial score (nSPS) is 15.3. The van der Waals surface area contributed by atoms with Crippen molar-refractivity contribution in [3.05, 3.63) is 77.3 Å². The van der Waals surface area contributed by atoms with Gasteiger partial charge in [0, 0.05) is 23.7 Å². The van der Waals surface area contributed by atoms with Crippen LogP contribution < -0.4 is 15.0 Å². The Bertz CT molecular complexity index is 1250. The second-order valence-corrected chi connectivity index (χ2v) is 7.62. The topological polar surface area (TPSA) is 76.5 Å². The van der Waals surface area contributed by atoms with E-state index in [1.165, 1.54) is 4.90 Å². The van der Waals surface area contributed by atoms with Crippen molar-refractivity contribution in [1.82, 2.24) is 14.9 Å². The number of aryl methyl sites for hydroxylation is 1. The molecule has 0 bridgehead atoms. The van der Waals surface area contributed by atoms with Gasteiger partial charge in [-0.25, -0.2) is 4.98 Å². The smallest absolute Gasteiger partial charge is 0.270 e. The molecule has 3 heterocycles. The number of pyridine rings is 1. The molecule has 0 atom stereocenters. The van der Waals surface area contributed by atoms with Crippen molar-refractivity contribution < 1.29 is 14.3 Å². The van der Waals surface area contributed by atoms with Crippen LogP contribution in [0.3, 0.4) is 0 Å². The van der Waals surface area contributed by atoms with Crippen LogP contribution in [0.15, 0.2) is 60.3 Å². The summed E-state index contributed by atoms with van der Waals surface area (Å²) in [6.07, 6.45) is 3.32. The van der Waals surface area contributed by atoms with E-state index < -0.39 is 11.8 Å². The van der Waals surface area contributed by atoms with Crippen LogP contribution >= 0.6 is 12.2 Å². The van der Waals surface area contributed by atoms with Gasteiger partial charge in [0.25, 0.3) is 11.8 Å². The highest BCUT2D eigenvalue weighted by atomic mass is 32.1. The number of amides is 2. The van der Waals surface area contributed by atoms with Crippen LogP contribution in [0.1, 0.15) is 23.9 Å². The molecule has 7 nitrogen and oxygen atoms in total. The molecule has 0 radical (unpaired) electrons. The number of aromatic nitrogens is 2. The third kappa shape index (κ3) is 3.92. The number of thiocarbonyl (C=S) groups is 1. The molecule has 1 aliphatic heterocycles. The Morgan fingerprint density at radius 3 is 2.66 bits per heavy atom. The molecule has 2 amide bonds. The molecular formula is C24H22N4O3S. The Labute approximate surface area is 191 Å². The van der Waals surface area contributed by atoms with Crippen molar-refractivity contribution in [3.8, 4) is 11.6 Å². The lowest BCUT2D eigenvalue weighted by Crippen LogP contribution is -2.54. The summed E-state index contributed by atoms with van der Waals surface area (Å²) in [5.41, 5.74) is 3.08. The largest absolute Gasteiger partial charge is 0.494 e.